The number of thiophene rings is 1. The summed E-state index contributed by atoms with van der Waals surface area (Å²) in [6, 6.07) is 1.93. The first-order valence-electron chi connectivity index (χ1n) is 4.94. The largest absolute Gasteiger partial charge is 0.398 e. The predicted octanol–water partition coefficient (Wildman–Crippen LogP) is 2.26. The predicted molar refractivity (Wildman–Crippen MR) is 58.1 cm³/mol. The Labute approximate surface area is 87.5 Å². The van der Waals surface area contributed by atoms with Gasteiger partial charge in [-0.1, -0.05) is 0 Å². The summed E-state index contributed by atoms with van der Waals surface area (Å²) in [5, 5.41) is 2.01. The van der Waals surface area contributed by atoms with Crippen LogP contribution < -0.4 is 5.73 Å². The van der Waals surface area contributed by atoms with Crippen molar-refractivity contribution in [2.45, 2.75) is 25.6 Å². The van der Waals surface area contributed by atoms with Crippen LogP contribution in [-0.4, -0.2) is 24.2 Å². The molecule has 4 heteroatoms. The van der Waals surface area contributed by atoms with Gasteiger partial charge in [0.15, 0.2) is 0 Å². The third-order valence-electron chi connectivity index (χ3n) is 2.66. The third-order valence-corrected chi connectivity index (χ3v) is 3.59. The van der Waals surface area contributed by atoms with E-state index >= 15 is 0 Å². The number of halogens is 1. The van der Waals surface area contributed by atoms with E-state index in [0.29, 0.717) is 12.8 Å². The van der Waals surface area contributed by atoms with E-state index in [1.54, 1.807) is 11.3 Å². The van der Waals surface area contributed by atoms with Gasteiger partial charge in [0.05, 0.1) is 0 Å². The molecular weight excluding hydrogens is 199 g/mol. The van der Waals surface area contributed by atoms with Gasteiger partial charge >= 0.3 is 0 Å². The molecule has 2 rings (SSSR count). The molecule has 0 aliphatic carbocycles. The third kappa shape index (κ3) is 2.25. The summed E-state index contributed by atoms with van der Waals surface area (Å²) < 4.78 is 12.9. The van der Waals surface area contributed by atoms with Gasteiger partial charge in [0.25, 0.3) is 0 Å². The number of hydrogen-bond donors (Lipinski definition) is 1. The number of piperidine rings is 1. The molecule has 0 atom stereocenters. The van der Waals surface area contributed by atoms with Gasteiger partial charge in [-0.3, -0.25) is 4.90 Å². The molecule has 0 spiro atoms. The minimum absolute atomic E-state index is 0.591. The average molecular weight is 214 g/mol. The maximum atomic E-state index is 12.9. The van der Waals surface area contributed by atoms with E-state index in [1.807, 2.05) is 11.4 Å². The summed E-state index contributed by atoms with van der Waals surface area (Å²) in [6.07, 6.45) is 0.753. The molecular formula is C10H15FN2S. The highest BCUT2D eigenvalue weighted by Gasteiger charge is 2.18. The van der Waals surface area contributed by atoms with Crippen LogP contribution in [0.15, 0.2) is 11.4 Å². The van der Waals surface area contributed by atoms with Crippen LogP contribution in [0.5, 0.6) is 0 Å². The average Bonchev–Trinajstić information content (AvgIpc) is 2.56. The maximum Gasteiger partial charge on any atom is 0.103 e. The normalized spacial score (nSPS) is 20.1. The highest BCUT2D eigenvalue weighted by Crippen LogP contribution is 2.23. The molecule has 1 saturated heterocycles. The second-order valence-corrected chi connectivity index (χ2v) is 4.75. The molecule has 2 heterocycles. The number of hydrogen-bond acceptors (Lipinski definition) is 3. The SMILES string of the molecule is Nc1ccsc1CN1CCC(F)CC1. The summed E-state index contributed by atoms with van der Waals surface area (Å²) >= 11 is 1.68. The van der Waals surface area contributed by atoms with Crippen molar-refractivity contribution in [2.24, 2.45) is 0 Å². The molecule has 78 valence electrons. The monoisotopic (exact) mass is 214 g/mol. The molecule has 0 amide bonds. The number of rotatable bonds is 2. The van der Waals surface area contributed by atoms with Crippen LogP contribution in [0.4, 0.5) is 10.1 Å². The van der Waals surface area contributed by atoms with Crippen molar-refractivity contribution in [1.82, 2.24) is 4.90 Å². The van der Waals surface area contributed by atoms with Crippen molar-refractivity contribution < 1.29 is 4.39 Å². The van der Waals surface area contributed by atoms with Crippen LogP contribution >= 0.6 is 11.3 Å². The highest BCUT2D eigenvalue weighted by molar-refractivity contribution is 7.10. The van der Waals surface area contributed by atoms with Crippen LogP contribution in [0.1, 0.15) is 17.7 Å². The Morgan fingerprint density at radius 1 is 1.50 bits per heavy atom. The maximum absolute atomic E-state index is 12.9. The van der Waals surface area contributed by atoms with Gasteiger partial charge in [0.1, 0.15) is 6.17 Å². The fourth-order valence-corrected chi connectivity index (χ4v) is 2.58. The smallest absolute Gasteiger partial charge is 0.103 e. The Morgan fingerprint density at radius 2 is 2.21 bits per heavy atom. The Morgan fingerprint density at radius 3 is 2.79 bits per heavy atom. The number of likely N-dealkylation sites (tertiary alicyclic amines) is 1. The van der Waals surface area contributed by atoms with Gasteiger partial charge in [-0.25, -0.2) is 4.39 Å². The molecule has 0 unspecified atom stereocenters. The summed E-state index contributed by atoms with van der Waals surface area (Å²) in [4.78, 5) is 3.49. The number of nitrogens with two attached hydrogens (primary N) is 1. The van der Waals surface area contributed by atoms with Crippen LogP contribution in [0.25, 0.3) is 0 Å². The first kappa shape index (κ1) is 9.93. The number of nitrogen functional groups attached to an aromatic ring is 1. The molecule has 1 aromatic heterocycles. The van der Waals surface area contributed by atoms with Gasteiger partial charge in [-0.15, -0.1) is 11.3 Å². The second kappa shape index (κ2) is 4.28. The molecule has 1 aliphatic rings. The van der Waals surface area contributed by atoms with E-state index < -0.39 is 6.17 Å². The van der Waals surface area contributed by atoms with Gasteiger partial charge in [-0.05, 0) is 24.3 Å². The summed E-state index contributed by atoms with van der Waals surface area (Å²) in [6.45, 7) is 2.60. The number of nitrogens with zero attached hydrogens (tertiary/aromatic N) is 1. The first-order chi connectivity index (χ1) is 6.75. The zero-order chi connectivity index (χ0) is 9.97. The van der Waals surface area contributed by atoms with Crippen molar-refractivity contribution in [3.05, 3.63) is 16.3 Å². The molecule has 2 nitrogen and oxygen atoms in total. The Bertz CT molecular complexity index is 292. The van der Waals surface area contributed by atoms with E-state index in [0.717, 1.165) is 25.3 Å². The van der Waals surface area contributed by atoms with Gasteiger partial charge in [-0.2, -0.15) is 0 Å². The van der Waals surface area contributed by atoms with Crippen LogP contribution in [0.3, 0.4) is 0 Å². The quantitative estimate of drug-likeness (QED) is 0.818. The zero-order valence-corrected chi connectivity index (χ0v) is 8.89. The minimum Gasteiger partial charge on any atom is -0.398 e. The molecule has 1 aliphatic heterocycles. The minimum atomic E-state index is -0.591. The van der Waals surface area contributed by atoms with Crippen LogP contribution in [0, 0.1) is 0 Å². The topological polar surface area (TPSA) is 29.3 Å². The Hall–Kier alpha value is -0.610. The van der Waals surface area contributed by atoms with Crippen molar-refractivity contribution in [3.8, 4) is 0 Å². The van der Waals surface area contributed by atoms with Crippen LogP contribution in [0.2, 0.25) is 0 Å². The fraction of sp³-hybridized carbons (Fsp3) is 0.600. The molecule has 1 fully saturated rings. The van der Waals surface area contributed by atoms with E-state index in [2.05, 4.69) is 4.90 Å². The lowest BCUT2D eigenvalue weighted by molar-refractivity contribution is 0.146. The number of alkyl halides is 1. The van der Waals surface area contributed by atoms with Crippen molar-refractivity contribution >= 4 is 17.0 Å². The summed E-state index contributed by atoms with van der Waals surface area (Å²) in [5.41, 5.74) is 6.67. The van der Waals surface area contributed by atoms with Gasteiger partial charge in [0, 0.05) is 30.2 Å². The van der Waals surface area contributed by atoms with E-state index in [4.69, 9.17) is 5.73 Å². The standard InChI is InChI=1S/C10H15FN2S/c11-8-1-4-13(5-2-8)7-10-9(12)3-6-14-10/h3,6,8H,1-2,4-5,7,12H2. The Kier molecular flexibility index (Phi) is 3.03. The molecule has 0 aromatic carbocycles. The molecule has 0 saturated carbocycles. The highest BCUT2D eigenvalue weighted by atomic mass is 32.1. The van der Waals surface area contributed by atoms with Crippen molar-refractivity contribution in [2.75, 3.05) is 18.8 Å². The molecule has 0 radical (unpaired) electrons. The lowest BCUT2D eigenvalue weighted by Gasteiger charge is -2.28. The van der Waals surface area contributed by atoms with Crippen LogP contribution in [-0.2, 0) is 6.54 Å². The molecule has 0 bridgehead atoms. The zero-order valence-electron chi connectivity index (χ0n) is 8.08. The fourth-order valence-electron chi connectivity index (χ4n) is 1.74. The first-order valence-corrected chi connectivity index (χ1v) is 5.82. The summed E-state index contributed by atoms with van der Waals surface area (Å²) in [7, 11) is 0. The van der Waals surface area contributed by atoms with Crippen molar-refractivity contribution in [3.63, 3.8) is 0 Å². The lowest BCUT2D eigenvalue weighted by atomic mass is 10.1. The van der Waals surface area contributed by atoms with Crippen molar-refractivity contribution in [1.29, 1.82) is 0 Å². The van der Waals surface area contributed by atoms with E-state index in [9.17, 15) is 4.39 Å². The second-order valence-electron chi connectivity index (χ2n) is 3.75. The Balaban J connectivity index is 1.89. The van der Waals surface area contributed by atoms with E-state index in [-0.39, 0.29) is 0 Å². The van der Waals surface area contributed by atoms with Gasteiger partial charge < -0.3 is 5.73 Å². The number of anilines is 1. The molecule has 1 aromatic rings. The summed E-state index contributed by atoms with van der Waals surface area (Å²) in [5.74, 6) is 0. The molecule has 14 heavy (non-hydrogen) atoms. The molecule has 2 N–H and O–H groups in total. The van der Waals surface area contributed by atoms with Gasteiger partial charge in [0.2, 0.25) is 0 Å². The lowest BCUT2D eigenvalue weighted by Crippen LogP contribution is -2.33. The van der Waals surface area contributed by atoms with E-state index in [1.165, 1.54) is 4.88 Å².